The SMILES string of the molecule is CC(C)(C)CCC(C(=O)O)C(=O)O. The molecule has 0 saturated carbocycles. The molecule has 4 nitrogen and oxygen atoms in total. The van der Waals surface area contributed by atoms with Gasteiger partial charge in [-0.2, -0.15) is 0 Å². The minimum absolute atomic E-state index is 0.0247. The zero-order chi connectivity index (χ0) is 10.6. The van der Waals surface area contributed by atoms with E-state index in [1.54, 1.807) is 0 Å². The van der Waals surface area contributed by atoms with E-state index in [-0.39, 0.29) is 11.8 Å². The maximum Gasteiger partial charge on any atom is 0.317 e. The predicted molar refractivity (Wildman–Crippen MR) is 47.5 cm³/mol. The van der Waals surface area contributed by atoms with E-state index in [0.29, 0.717) is 6.42 Å². The van der Waals surface area contributed by atoms with Crippen LogP contribution in [-0.4, -0.2) is 22.2 Å². The van der Waals surface area contributed by atoms with E-state index in [4.69, 9.17) is 10.2 Å². The first-order valence-corrected chi connectivity index (χ1v) is 4.19. The summed E-state index contributed by atoms with van der Waals surface area (Å²) in [6, 6.07) is 0. The summed E-state index contributed by atoms with van der Waals surface area (Å²) in [5.74, 6) is -3.77. The summed E-state index contributed by atoms with van der Waals surface area (Å²) in [5, 5.41) is 17.1. The first kappa shape index (κ1) is 11.9. The molecule has 2 N–H and O–H groups in total. The molecule has 0 rings (SSSR count). The molecule has 13 heavy (non-hydrogen) atoms. The van der Waals surface area contributed by atoms with E-state index >= 15 is 0 Å². The van der Waals surface area contributed by atoms with Crippen LogP contribution in [0.25, 0.3) is 0 Å². The van der Waals surface area contributed by atoms with Gasteiger partial charge in [-0.15, -0.1) is 0 Å². The van der Waals surface area contributed by atoms with Gasteiger partial charge in [0, 0.05) is 0 Å². The number of aliphatic carboxylic acids is 2. The van der Waals surface area contributed by atoms with Crippen LogP contribution in [0.2, 0.25) is 0 Å². The molecule has 0 saturated heterocycles. The van der Waals surface area contributed by atoms with Gasteiger partial charge in [0.15, 0.2) is 5.92 Å². The molecule has 0 unspecified atom stereocenters. The van der Waals surface area contributed by atoms with Gasteiger partial charge < -0.3 is 10.2 Å². The molecule has 0 heterocycles. The van der Waals surface area contributed by atoms with E-state index in [0.717, 1.165) is 0 Å². The van der Waals surface area contributed by atoms with E-state index in [1.807, 2.05) is 20.8 Å². The lowest BCUT2D eigenvalue weighted by Gasteiger charge is -2.18. The zero-order valence-corrected chi connectivity index (χ0v) is 8.20. The van der Waals surface area contributed by atoms with E-state index in [2.05, 4.69) is 0 Å². The van der Waals surface area contributed by atoms with Gasteiger partial charge in [-0.3, -0.25) is 9.59 Å². The monoisotopic (exact) mass is 188 g/mol. The van der Waals surface area contributed by atoms with Crippen molar-refractivity contribution < 1.29 is 19.8 Å². The molecule has 0 spiro atoms. The van der Waals surface area contributed by atoms with Crippen LogP contribution >= 0.6 is 0 Å². The van der Waals surface area contributed by atoms with Crippen molar-refractivity contribution in [1.82, 2.24) is 0 Å². The average molecular weight is 188 g/mol. The highest BCUT2D eigenvalue weighted by molar-refractivity contribution is 5.92. The molecule has 0 aromatic carbocycles. The van der Waals surface area contributed by atoms with E-state index < -0.39 is 17.9 Å². The molecule has 0 atom stereocenters. The van der Waals surface area contributed by atoms with Gasteiger partial charge in [0.2, 0.25) is 0 Å². The lowest BCUT2D eigenvalue weighted by Crippen LogP contribution is -2.24. The van der Waals surface area contributed by atoms with Crippen LogP contribution in [0.4, 0.5) is 0 Å². The fraction of sp³-hybridized carbons (Fsp3) is 0.778. The highest BCUT2D eigenvalue weighted by atomic mass is 16.4. The molecule has 0 amide bonds. The van der Waals surface area contributed by atoms with Crippen molar-refractivity contribution in [3.63, 3.8) is 0 Å². The Morgan fingerprint density at radius 3 is 1.77 bits per heavy atom. The third kappa shape index (κ3) is 5.22. The maximum atomic E-state index is 10.5. The van der Waals surface area contributed by atoms with Gasteiger partial charge >= 0.3 is 11.9 Å². The smallest absolute Gasteiger partial charge is 0.317 e. The van der Waals surface area contributed by atoms with Crippen molar-refractivity contribution in [2.24, 2.45) is 11.3 Å². The average Bonchev–Trinajstić information content (AvgIpc) is 1.82. The Kier molecular flexibility index (Phi) is 3.91. The summed E-state index contributed by atoms with van der Waals surface area (Å²) in [6.45, 7) is 5.86. The molecule has 4 heteroatoms. The second-order valence-corrected chi connectivity index (χ2v) is 4.33. The molecule has 0 aliphatic rings. The largest absolute Gasteiger partial charge is 0.481 e. The van der Waals surface area contributed by atoms with Crippen molar-refractivity contribution in [1.29, 1.82) is 0 Å². The van der Waals surface area contributed by atoms with Crippen LogP contribution < -0.4 is 0 Å². The Bertz CT molecular complexity index is 188. The fourth-order valence-corrected chi connectivity index (χ4v) is 0.930. The van der Waals surface area contributed by atoms with Crippen LogP contribution in [0.5, 0.6) is 0 Å². The van der Waals surface area contributed by atoms with Gasteiger partial charge in [-0.05, 0) is 18.3 Å². The molecule has 0 bridgehead atoms. The summed E-state index contributed by atoms with van der Waals surface area (Å²) in [5.41, 5.74) is -0.0247. The predicted octanol–water partition coefficient (Wildman–Crippen LogP) is 1.60. The molecule has 0 aromatic heterocycles. The van der Waals surface area contributed by atoms with Crippen LogP contribution in [0.3, 0.4) is 0 Å². The number of carboxylic acids is 2. The molecular formula is C9H16O4. The highest BCUT2D eigenvalue weighted by Gasteiger charge is 2.27. The number of hydrogen-bond acceptors (Lipinski definition) is 2. The lowest BCUT2D eigenvalue weighted by atomic mass is 9.87. The Morgan fingerprint density at radius 1 is 1.15 bits per heavy atom. The third-order valence-electron chi connectivity index (χ3n) is 1.78. The fourth-order valence-electron chi connectivity index (χ4n) is 0.930. The van der Waals surface area contributed by atoms with Crippen LogP contribution in [0, 0.1) is 11.3 Å². The second kappa shape index (κ2) is 4.25. The normalized spacial score (nSPS) is 11.7. The lowest BCUT2D eigenvalue weighted by molar-refractivity contribution is -0.155. The number of rotatable bonds is 4. The third-order valence-corrected chi connectivity index (χ3v) is 1.78. The van der Waals surface area contributed by atoms with Crippen LogP contribution in [-0.2, 0) is 9.59 Å². The first-order valence-electron chi connectivity index (χ1n) is 4.19. The van der Waals surface area contributed by atoms with Crippen molar-refractivity contribution in [2.75, 3.05) is 0 Å². The molecule has 0 aliphatic heterocycles. The summed E-state index contributed by atoms with van der Waals surface area (Å²) >= 11 is 0. The Balaban J connectivity index is 4.14. The van der Waals surface area contributed by atoms with E-state index in [1.165, 1.54) is 0 Å². The molecule has 0 aromatic rings. The molecule has 0 aliphatic carbocycles. The summed E-state index contributed by atoms with van der Waals surface area (Å²) in [4.78, 5) is 21.0. The quantitative estimate of drug-likeness (QED) is 0.657. The van der Waals surface area contributed by atoms with Crippen molar-refractivity contribution in [2.45, 2.75) is 33.6 Å². The topological polar surface area (TPSA) is 74.6 Å². The Hall–Kier alpha value is -1.06. The molecule has 0 fully saturated rings. The van der Waals surface area contributed by atoms with Gasteiger partial charge in [0.1, 0.15) is 0 Å². The number of carbonyl (C=O) groups is 2. The van der Waals surface area contributed by atoms with E-state index in [9.17, 15) is 9.59 Å². The maximum absolute atomic E-state index is 10.5. The Labute approximate surface area is 77.6 Å². The number of hydrogen-bond donors (Lipinski definition) is 2. The minimum atomic E-state index is -1.26. The first-order chi connectivity index (χ1) is 5.74. The molecule has 76 valence electrons. The summed E-state index contributed by atoms with van der Waals surface area (Å²) in [6.07, 6.45) is 0.782. The summed E-state index contributed by atoms with van der Waals surface area (Å²) in [7, 11) is 0. The second-order valence-electron chi connectivity index (χ2n) is 4.33. The zero-order valence-electron chi connectivity index (χ0n) is 8.20. The number of carboxylic acid groups (broad SMARTS) is 2. The van der Waals surface area contributed by atoms with Gasteiger partial charge in [0.05, 0.1) is 0 Å². The Morgan fingerprint density at radius 2 is 1.54 bits per heavy atom. The standard InChI is InChI=1S/C9H16O4/c1-9(2,3)5-4-6(7(10)11)8(12)13/h6H,4-5H2,1-3H3,(H,10,11)(H,12,13). The van der Waals surface area contributed by atoms with Crippen LogP contribution in [0.1, 0.15) is 33.6 Å². The van der Waals surface area contributed by atoms with Gasteiger partial charge in [-0.1, -0.05) is 20.8 Å². The minimum Gasteiger partial charge on any atom is -0.481 e. The van der Waals surface area contributed by atoms with Crippen LogP contribution in [0.15, 0.2) is 0 Å². The molecular weight excluding hydrogens is 172 g/mol. The molecule has 0 radical (unpaired) electrons. The van der Waals surface area contributed by atoms with Gasteiger partial charge in [0.25, 0.3) is 0 Å². The van der Waals surface area contributed by atoms with Crippen molar-refractivity contribution in [3.8, 4) is 0 Å². The highest BCUT2D eigenvalue weighted by Crippen LogP contribution is 2.23. The van der Waals surface area contributed by atoms with Gasteiger partial charge in [-0.25, -0.2) is 0 Å². The van der Waals surface area contributed by atoms with Crippen molar-refractivity contribution in [3.05, 3.63) is 0 Å². The van der Waals surface area contributed by atoms with Crippen molar-refractivity contribution >= 4 is 11.9 Å². The summed E-state index contributed by atoms with van der Waals surface area (Å²) < 4.78 is 0.